The van der Waals surface area contributed by atoms with E-state index in [9.17, 15) is 44.3 Å². The van der Waals surface area contributed by atoms with E-state index in [4.69, 9.17) is 50.6 Å². The molecular formula is C36H30ClF9N8O9. The summed E-state index contributed by atoms with van der Waals surface area (Å²) in [6, 6.07) is 15.6. The number of carbonyl (C=O) groups excluding carboxylic acids is 1. The van der Waals surface area contributed by atoms with Gasteiger partial charge in [-0.1, -0.05) is 28.9 Å². The van der Waals surface area contributed by atoms with Crippen LogP contribution in [0.15, 0.2) is 71.6 Å². The number of rotatable bonds is 4. The number of carboxylic acid groups (broad SMARTS) is 3. The third kappa shape index (κ3) is 14.5. The van der Waals surface area contributed by atoms with Gasteiger partial charge in [0.2, 0.25) is 5.95 Å². The minimum absolute atomic E-state index is 0.0469. The fourth-order valence-corrected chi connectivity index (χ4v) is 5.38. The standard InChI is InChI=1S/C30H27ClN8O3.3C2HF3O2/c31-24-17-33-30-35-22-13-19(15-32-16-22)5-6-20-14-21(34-28(24)36-30)7-8-25(20)41-18-27(40)38-9-11-39(12-10-38)29-23-3-1-2-4-26(23)42-37-29;3*3-2(4,5)1(6)7/h1-4,7-8,13-17H,5-6,9-12,18H2,(H2,33,34,35,36);3*(H,6,7). The van der Waals surface area contributed by atoms with Crippen LogP contribution in [0.5, 0.6) is 5.75 Å². The smallest absolute Gasteiger partial charge is 0.483 e. The molecule has 6 bridgehead atoms. The molecule has 0 saturated carbocycles. The van der Waals surface area contributed by atoms with Gasteiger partial charge in [-0.2, -0.15) is 44.5 Å². The molecule has 0 atom stereocenters. The molecule has 0 aliphatic carbocycles. The van der Waals surface area contributed by atoms with Crippen LogP contribution in [0.25, 0.3) is 11.0 Å². The van der Waals surface area contributed by atoms with Crippen molar-refractivity contribution >= 4 is 75.3 Å². The first kappa shape index (κ1) is 48.5. The molecule has 3 aromatic heterocycles. The predicted molar refractivity (Wildman–Crippen MR) is 201 cm³/mol. The Hall–Kier alpha value is -7.12. The largest absolute Gasteiger partial charge is 0.490 e. The van der Waals surface area contributed by atoms with Crippen LogP contribution in [-0.4, -0.2) is 115 Å². The number of carbonyl (C=O) groups is 4. The summed E-state index contributed by atoms with van der Waals surface area (Å²) in [7, 11) is 0. The van der Waals surface area contributed by atoms with Crippen LogP contribution in [0.4, 0.5) is 68.5 Å². The fraction of sp³-hybridized carbons (Fsp3) is 0.278. The lowest BCUT2D eigenvalue weighted by atomic mass is 10.0. The van der Waals surface area contributed by atoms with E-state index in [0.29, 0.717) is 55.1 Å². The Bertz CT molecular complexity index is 2350. The number of aromatic nitrogens is 4. The van der Waals surface area contributed by atoms with Crippen molar-refractivity contribution in [3.63, 3.8) is 0 Å². The van der Waals surface area contributed by atoms with Crippen molar-refractivity contribution in [3.8, 4) is 5.75 Å². The van der Waals surface area contributed by atoms with Crippen molar-refractivity contribution < 1.29 is 83.3 Å². The molecule has 27 heteroatoms. The molecule has 2 aliphatic rings. The second-order valence-electron chi connectivity index (χ2n) is 12.6. The highest BCUT2D eigenvalue weighted by Crippen LogP contribution is 2.31. The lowest BCUT2D eigenvalue weighted by molar-refractivity contribution is -0.193. The first-order valence-electron chi connectivity index (χ1n) is 17.5. The Morgan fingerprint density at radius 1 is 0.762 bits per heavy atom. The summed E-state index contributed by atoms with van der Waals surface area (Å²) in [4.78, 5) is 57.0. The second-order valence-corrected chi connectivity index (χ2v) is 13.0. The zero-order chi connectivity index (χ0) is 46.7. The molecule has 5 aromatic rings. The van der Waals surface area contributed by atoms with Crippen LogP contribution in [-0.2, 0) is 32.0 Å². The SMILES string of the molecule is O=C(COc1ccc2cc1CCc1cncc(c1)Nc1ncc(Cl)c(n1)N2)N1CCN(c2noc3ccccc23)CC1.O=C(O)C(F)(F)F.O=C(O)C(F)(F)F.O=C(O)C(F)(F)F. The number of halogens is 10. The van der Waals surface area contributed by atoms with Gasteiger partial charge in [0.25, 0.3) is 5.91 Å². The first-order chi connectivity index (χ1) is 29.4. The third-order valence-electron chi connectivity index (χ3n) is 8.17. The zero-order valence-corrected chi connectivity index (χ0v) is 32.3. The number of hydrogen-bond acceptors (Lipinski definition) is 13. The van der Waals surface area contributed by atoms with E-state index in [1.165, 1.54) is 0 Å². The Balaban J connectivity index is 0.000000344. The van der Waals surface area contributed by atoms with Crippen LogP contribution in [0.3, 0.4) is 0 Å². The maximum atomic E-state index is 13.1. The number of benzene rings is 2. The average molecular weight is 925 g/mol. The van der Waals surface area contributed by atoms with Gasteiger partial charge >= 0.3 is 36.4 Å². The van der Waals surface area contributed by atoms with Crippen molar-refractivity contribution in [2.75, 3.05) is 48.3 Å². The van der Waals surface area contributed by atoms with Gasteiger partial charge in [-0.25, -0.2) is 19.4 Å². The zero-order valence-electron chi connectivity index (χ0n) is 31.6. The van der Waals surface area contributed by atoms with Gasteiger partial charge in [-0.3, -0.25) is 9.78 Å². The van der Waals surface area contributed by atoms with E-state index >= 15 is 0 Å². The Kier molecular flexibility index (Phi) is 15.9. The molecule has 0 spiro atoms. The number of aryl methyl sites for hydroxylation is 2. The van der Waals surface area contributed by atoms with E-state index in [2.05, 4.69) is 35.6 Å². The Morgan fingerprint density at radius 3 is 1.97 bits per heavy atom. The quantitative estimate of drug-likeness (QED) is 0.116. The molecule has 1 saturated heterocycles. The van der Waals surface area contributed by atoms with Gasteiger partial charge in [0, 0.05) is 38.1 Å². The number of amides is 1. The van der Waals surface area contributed by atoms with E-state index in [0.717, 1.165) is 45.7 Å². The fourth-order valence-electron chi connectivity index (χ4n) is 5.24. The third-order valence-corrected chi connectivity index (χ3v) is 8.45. The molecule has 1 amide bonds. The summed E-state index contributed by atoms with van der Waals surface area (Å²) < 4.78 is 107. The molecule has 338 valence electrons. The summed E-state index contributed by atoms with van der Waals surface area (Å²) in [6.07, 6.45) is -8.72. The number of nitrogens with zero attached hydrogens (tertiary/aromatic N) is 6. The van der Waals surface area contributed by atoms with Gasteiger partial charge in [0.15, 0.2) is 23.8 Å². The minimum Gasteiger partial charge on any atom is -0.483 e. The van der Waals surface area contributed by atoms with E-state index in [1.54, 1.807) is 12.4 Å². The van der Waals surface area contributed by atoms with Gasteiger partial charge in [-0.15, -0.1) is 0 Å². The number of aliphatic carboxylic acids is 3. The summed E-state index contributed by atoms with van der Waals surface area (Å²) in [5.41, 5.74) is 4.35. The predicted octanol–water partition coefficient (Wildman–Crippen LogP) is 6.88. The number of nitrogens with one attached hydrogen (secondary N) is 2. The van der Waals surface area contributed by atoms with Gasteiger partial charge in [0.05, 0.1) is 23.5 Å². The lowest BCUT2D eigenvalue weighted by Crippen LogP contribution is -2.50. The van der Waals surface area contributed by atoms with Crippen molar-refractivity contribution in [3.05, 3.63) is 83.3 Å². The maximum absolute atomic E-state index is 13.1. The van der Waals surface area contributed by atoms with Crippen LogP contribution >= 0.6 is 11.6 Å². The summed E-state index contributed by atoms with van der Waals surface area (Å²) in [5.74, 6) is -5.96. The Labute approximate surface area is 352 Å². The van der Waals surface area contributed by atoms with Gasteiger partial charge in [0.1, 0.15) is 10.8 Å². The number of pyridine rings is 1. The molecule has 1 fully saturated rings. The highest BCUT2D eigenvalue weighted by Gasteiger charge is 2.39. The number of ether oxygens (including phenoxy) is 1. The number of para-hydroxylation sites is 1. The highest BCUT2D eigenvalue weighted by molar-refractivity contribution is 6.32. The van der Waals surface area contributed by atoms with Crippen molar-refractivity contribution in [2.24, 2.45) is 0 Å². The first-order valence-corrected chi connectivity index (χ1v) is 17.8. The van der Waals surface area contributed by atoms with Crippen LogP contribution in [0.2, 0.25) is 5.02 Å². The summed E-state index contributed by atoms with van der Waals surface area (Å²) in [5, 5.41) is 33.5. The molecule has 7 rings (SSSR count). The monoisotopic (exact) mass is 924 g/mol. The van der Waals surface area contributed by atoms with Crippen molar-refractivity contribution in [2.45, 2.75) is 31.4 Å². The molecule has 5 N–H and O–H groups in total. The van der Waals surface area contributed by atoms with Crippen LogP contribution in [0.1, 0.15) is 11.1 Å². The number of anilines is 5. The number of fused-ring (bicyclic) bond motifs is 7. The molecule has 2 aliphatic heterocycles. The van der Waals surface area contributed by atoms with E-state index in [-0.39, 0.29) is 12.5 Å². The minimum atomic E-state index is -5.08. The lowest BCUT2D eigenvalue weighted by Gasteiger charge is -2.34. The summed E-state index contributed by atoms with van der Waals surface area (Å²) >= 11 is 6.38. The molecule has 2 aromatic carbocycles. The summed E-state index contributed by atoms with van der Waals surface area (Å²) in [6.45, 7) is 2.46. The molecular weight excluding hydrogens is 895 g/mol. The molecule has 0 unspecified atom stereocenters. The van der Waals surface area contributed by atoms with E-state index < -0.39 is 36.4 Å². The second kappa shape index (κ2) is 20.6. The van der Waals surface area contributed by atoms with E-state index in [1.807, 2.05) is 59.6 Å². The normalized spacial score (nSPS) is 13.6. The van der Waals surface area contributed by atoms with Crippen LogP contribution < -0.4 is 20.3 Å². The highest BCUT2D eigenvalue weighted by atomic mass is 35.5. The number of alkyl halides is 9. The number of hydrogen-bond donors (Lipinski definition) is 5. The number of piperazine rings is 1. The average Bonchev–Trinajstić information content (AvgIpc) is 3.65. The van der Waals surface area contributed by atoms with Gasteiger partial charge in [-0.05, 0) is 60.4 Å². The van der Waals surface area contributed by atoms with Crippen LogP contribution in [0, 0.1) is 0 Å². The molecule has 63 heavy (non-hydrogen) atoms. The Morgan fingerprint density at radius 2 is 1.37 bits per heavy atom. The van der Waals surface area contributed by atoms with Gasteiger partial charge < -0.3 is 45.0 Å². The van der Waals surface area contributed by atoms with Crippen molar-refractivity contribution in [1.29, 1.82) is 0 Å². The number of carboxylic acids is 3. The molecule has 5 heterocycles. The molecule has 0 radical (unpaired) electrons. The molecule has 17 nitrogen and oxygen atoms in total. The topological polar surface area (TPSA) is 233 Å². The van der Waals surface area contributed by atoms with Crippen molar-refractivity contribution in [1.82, 2.24) is 25.0 Å². The maximum Gasteiger partial charge on any atom is 0.490 e.